The SMILES string of the molecule is Cc1cc(-c2ccccc2O)nn1C(=O)n1nc(-c2ccccc2O)cc1C. The maximum Gasteiger partial charge on any atom is 0.369 e. The van der Waals surface area contributed by atoms with Crippen LogP contribution in [0, 0.1) is 13.8 Å². The Hall–Kier alpha value is -3.87. The van der Waals surface area contributed by atoms with E-state index in [1.807, 2.05) is 0 Å². The predicted octanol–water partition coefficient (Wildman–Crippen LogP) is 3.96. The van der Waals surface area contributed by atoms with Crippen LogP contribution in [0.15, 0.2) is 60.7 Å². The van der Waals surface area contributed by atoms with Crippen molar-refractivity contribution < 1.29 is 15.0 Å². The molecule has 28 heavy (non-hydrogen) atoms. The highest BCUT2D eigenvalue weighted by Gasteiger charge is 2.20. The van der Waals surface area contributed by atoms with Crippen LogP contribution in [-0.2, 0) is 0 Å². The average molecular weight is 374 g/mol. The van der Waals surface area contributed by atoms with Crippen molar-refractivity contribution in [2.75, 3.05) is 0 Å². The summed E-state index contributed by atoms with van der Waals surface area (Å²) < 4.78 is 2.49. The number of phenols is 2. The molecule has 0 bridgehead atoms. The Morgan fingerprint density at radius 1 is 0.750 bits per heavy atom. The van der Waals surface area contributed by atoms with Gasteiger partial charge in [0.25, 0.3) is 0 Å². The van der Waals surface area contributed by atoms with E-state index < -0.39 is 6.03 Å². The first-order valence-corrected chi connectivity index (χ1v) is 8.70. The molecule has 2 heterocycles. The summed E-state index contributed by atoms with van der Waals surface area (Å²) in [7, 11) is 0. The third-order valence-electron chi connectivity index (χ3n) is 4.50. The lowest BCUT2D eigenvalue weighted by Crippen LogP contribution is -2.23. The van der Waals surface area contributed by atoms with Crippen LogP contribution in [0.5, 0.6) is 11.5 Å². The summed E-state index contributed by atoms with van der Waals surface area (Å²) in [6, 6.07) is 16.7. The van der Waals surface area contributed by atoms with Gasteiger partial charge in [-0.15, -0.1) is 0 Å². The minimum atomic E-state index is -0.446. The molecule has 4 rings (SSSR count). The van der Waals surface area contributed by atoms with Gasteiger partial charge < -0.3 is 10.2 Å². The minimum absolute atomic E-state index is 0.0942. The van der Waals surface area contributed by atoms with Gasteiger partial charge in [-0.05, 0) is 50.2 Å². The molecule has 7 nitrogen and oxygen atoms in total. The number of para-hydroxylation sites is 2. The van der Waals surface area contributed by atoms with Gasteiger partial charge >= 0.3 is 6.03 Å². The first-order chi connectivity index (χ1) is 13.5. The molecule has 7 heteroatoms. The van der Waals surface area contributed by atoms with Crippen LogP contribution in [0.2, 0.25) is 0 Å². The van der Waals surface area contributed by atoms with Crippen LogP contribution in [0.4, 0.5) is 4.79 Å². The maximum atomic E-state index is 13.0. The fourth-order valence-electron chi connectivity index (χ4n) is 3.07. The standard InChI is InChI=1S/C21H18N4O3/c1-13-11-17(15-7-3-5-9-19(15)26)22-24(13)21(28)25-14(2)12-18(23-25)16-8-4-6-10-20(16)27/h3-12,26-27H,1-2H3. The molecule has 0 radical (unpaired) electrons. The smallest absolute Gasteiger partial charge is 0.369 e. The van der Waals surface area contributed by atoms with Crippen LogP contribution in [0.1, 0.15) is 11.4 Å². The fraction of sp³-hybridized carbons (Fsp3) is 0.0952. The van der Waals surface area contributed by atoms with E-state index in [0.717, 1.165) is 0 Å². The second-order valence-corrected chi connectivity index (χ2v) is 6.48. The van der Waals surface area contributed by atoms with E-state index in [4.69, 9.17) is 0 Å². The third kappa shape index (κ3) is 2.92. The summed E-state index contributed by atoms with van der Waals surface area (Å²) in [6.45, 7) is 3.52. The minimum Gasteiger partial charge on any atom is -0.507 e. The van der Waals surface area contributed by atoms with Gasteiger partial charge in [0, 0.05) is 22.5 Å². The van der Waals surface area contributed by atoms with Gasteiger partial charge in [0.15, 0.2) is 0 Å². The zero-order valence-electron chi connectivity index (χ0n) is 15.4. The van der Waals surface area contributed by atoms with E-state index in [-0.39, 0.29) is 11.5 Å². The van der Waals surface area contributed by atoms with E-state index >= 15 is 0 Å². The van der Waals surface area contributed by atoms with Gasteiger partial charge in [0.05, 0.1) is 11.4 Å². The van der Waals surface area contributed by atoms with Crippen molar-refractivity contribution in [1.29, 1.82) is 0 Å². The molecule has 0 aliphatic rings. The van der Waals surface area contributed by atoms with Crippen LogP contribution < -0.4 is 0 Å². The topological polar surface area (TPSA) is 93.2 Å². The number of aromatic hydroxyl groups is 2. The van der Waals surface area contributed by atoms with Crippen molar-refractivity contribution in [3.8, 4) is 34.0 Å². The summed E-state index contributed by atoms with van der Waals surface area (Å²) in [4.78, 5) is 13.0. The second kappa shape index (κ2) is 6.70. The normalized spacial score (nSPS) is 10.9. The number of phenolic OH excluding ortho intramolecular Hbond substituents is 2. The Morgan fingerprint density at radius 2 is 1.14 bits per heavy atom. The monoisotopic (exact) mass is 374 g/mol. The summed E-state index contributed by atoms with van der Waals surface area (Å²) >= 11 is 0. The Bertz CT molecular complexity index is 1100. The zero-order chi connectivity index (χ0) is 19.8. The second-order valence-electron chi connectivity index (χ2n) is 6.48. The molecule has 2 N–H and O–H groups in total. The Balaban J connectivity index is 1.73. The number of carbonyl (C=O) groups excluding carboxylic acids is 1. The summed E-state index contributed by atoms with van der Waals surface area (Å²) in [6.07, 6.45) is 0. The molecule has 0 atom stereocenters. The lowest BCUT2D eigenvalue weighted by Gasteiger charge is -2.05. The van der Waals surface area contributed by atoms with Crippen molar-refractivity contribution in [2.24, 2.45) is 0 Å². The van der Waals surface area contributed by atoms with E-state index in [1.165, 1.54) is 9.36 Å². The number of benzene rings is 2. The van der Waals surface area contributed by atoms with Gasteiger partial charge in [-0.2, -0.15) is 19.6 Å². The first kappa shape index (κ1) is 17.5. The molecule has 0 aliphatic heterocycles. The highest BCUT2D eigenvalue weighted by Crippen LogP contribution is 2.29. The van der Waals surface area contributed by atoms with Gasteiger partial charge in [0.1, 0.15) is 11.5 Å². The van der Waals surface area contributed by atoms with Crippen LogP contribution in [0.3, 0.4) is 0 Å². The number of rotatable bonds is 2. The lowest BCUT2D eigenvalue weighted by atomic mass is 10.1. The summed E-state index contributed by atoms with van der Waals surface area (Å²) in [5.41, 5.74) is 3.31. The van der Waals surface area contributed by atoms with Gasteiger partial charge in [-0.3, -0.25) is 0 Å². The summed E-state index contributed by atoms with van der Waals surface area (Å²) in [5, 5.41) is 28.8. The summed E-state index contributed by atoms with van der Waals surface area (Å²) in [5.74, 6) is 0.188. The largest absolute Gasteiger partial charge is 0.507 e. The van der Waals surface area contributed by atoms with Crippen LogP contribution >= 0.6 is 0 Å². The Morgan fingerprint density at radius 3 is 1.54 bits per heavy atom. The zero-order valence-corrected chi connectivity index (χ0v) is 15.4. The van der Waals surface area contributed by atoms with Gasteiger partial charge in [-0.25, -0.2) is 4.79 Å². The van der Waals surface area contributed by atoms with E-state index in [2.05, 4.69) is 10.2 Å². The molecule has 2 aromatic heterocycles. The fourth-order valence-corrected chi connectivity index (χ4v) is 3.07. The van der Waals surface area contributed by atoms with Crippen molar-refractivity contribution >= 4 is 6.03 Å². The van der Waals surface area contributed by atoms with Crippen LogP contribution in [-0.4, -0.2) is 35.8 Å². The molecule has 0 amide bonds. The molecule has 0 fully saturated rings. The van der Waals surface area contributed by atoms with E-state index in [0.29, 0.717) is 33.9 Å². The number of aromatic nitrogens is 4. The van der Waals surface area contributed by atoms with Crippen molar-refractivity contribution in [3.05, 3.63) is 72.1 Å². The average Bonchev–Trinajstić information content (AvgIpc) is 3.25. The molecule has 0 aliphatic carbocycles. The number of aryl methyl sites for hydroxylation is 2. The van der Waals surface area contributed by atoms with Crippen molar-refractivity contribution in [1.82, 2.24) is 19.6 Å². The molecule has 2 aromatic carbocycles. The molecule has 0 saturated carbocycles. The van der Waals surface area contributed by atoms with Gasteiger partial charge in [0.2, 0.25) is 0 Å². The lowest BCUT2D eigenvalue weighted by molar-refractivity contribution is 0.237. The Labute approximate surface area is 161 Å². The number of hydrogen-bond acceptors (Lipinski definition) is 5. The quantitative estimate of drug-likeness (QED) is 0.554. The van der Waals surface area contributed by atoms with Crippen molar-refractivity contribution in [3.63, 3.8) is 0 Å². The molecular weight excluding hydrogens is 356 g/mol. The van der Waals surface area contributed by atoms with E-state index in [1.54, 1.807) is 74.5 Å². The number of nitrogens with zero attached hydrogens (tertiary/aromatic N) is 4. The van der Waals surface area contributed by atoms with E-state index in [9.17, 15) is 15.0 Å². The van der Waals surface area contributed by atoms with Crippen LogP contribution in [0.25, 0.3) is 22.5 Å². The maximum absolute atomic E-state index is 13.0. The molecule has 0 spiro atoms. The number of hydrogen-bond donors (Lipinski definition) is 2. The van der Waals surface area contributed by atoms with Crippen molar-refractivity contribution in [2.45, 2.75) is 13.8 Å². The predicted molar refractivity (Wildman–Crippen MR) is 104 cm³/mol. The number of carbonyl (C=O) groups is 1. The highest BCUT2D eigenvalue weighted by atomic mass is 16.3. The molecular formula is C21H18N4O3. The Kier molecular flexibility index (Phi) is 4.19. The molecule has 0 unspecified atom stereocenters. The molecule has 4 aromatic rings. The third-order valence-corrected chi connectivity index (χ3v) is 4.50. The highest BCUT2D eigenvalue weighted by molar-refractivity contribution is 5.81. The molecule has 0 saturated heterocycles. The van der Waals surface area contributed by atoms with Gasteiger partial charge in [-0.1, -0.05) is 24.3 Å². The first-order valence-electron chi connectivity index (χ1n) is 8.70. The molecule has 140 valence electrons.